The number of benzene rings is 1. The number of rotatable bonds is 4. The number of nitrogens with one attached hydrogen (secondary N) is 1. The molecule has 0 aliphatic carbocycles. The molecule has 0 spiro atoms. The highest BCUT2D eigenvalue weighted by Crippen LogP contribution is 2.12. The molecule has 3 heteroatoms. The number of nitrogens with zero attached hydrogens (tertiary/aromatic N) is 2. The lowest BCUT2D eigenvalue weighted by atomic mass is 10.1. The lowest BCUT2D eigenvalue weighted by Gasteiger charge is -2.09. The van der Waals surface area contributed by atoms with Crippen LogP contribution in [-0.4, -0.2) is 6.54 Å². The van der Waals surface area contributed by atoms with Crippen LogP contribution < -0.4 is 5.32 Å². The van der Waals surface area contributed by atoms with E-state index in [0.29, 0.717) is 12.1 Å². The van der Waals surface area contributed by atoms with Gasteiger partial charge in [0, 0.05) is 6.54 Å². The Kier molecular flexibility index (Phi) is 4.09. The van der Waals surface area contributed by atoms with Gasteiger partial charge in [-0.3, -0.25) is 5.32 Å². The van der Waals surface area contributed by atoms with Gasteiger partial charge >= 0.3 is 0 Å². The minimum Gasteiger partial charge on any atom is -0.295 e. The summed E-state index contributed by atoms with van der Waals surface area (Å²) in [6, 6.07) is 10.8. The molecule has 1 rings (SSSR count). The smallest absolute Gasteiger partial charge is 0.121 e. The average Bonchev–Trinajstić information content (AvgIpc) is 2.31. The van der Waals surface area contributed by atoms with Crippen LogP contribution in [0.3, 0.4) is 0 Å². The van der Waals surface area contributed by atoms with Gasteiger partial charge in [-0.15, -0.1) is 6.58 Å². The molecule has 0 radical (unpaired) electrons. The van der Waals surface area contributed by atoms with E-state index in [1.54, 1.807) is 30.3 Å². The van der Waals surface area contributed by atoms with Crippen LogP contribution in [0.4, 0.5) is 0 Å². The maximum atomic E-state index is 8.92. The average molecular weight is 197 g/mol. The summed E-state index contributed by atoms with van der Waals surface area (Å²) < 4.78 is 0. The van der Waals surface area contributed by atoms with Crippen molar-refractivity contribution in [3.8, 4) is 12.1 Å². The Hall–Kier alpha value is -2.10. The van der Waals surface area contributed by atoms with Gasteiger partial charge in [0.15, 0.2) is 0 Å². The van der Waals surface area contributed by atoms with Gasteiger partial charge in [-0.2, -0.15) is 10.5 Å². The Morgan fingerprint density at radius 2 is 2.00 bits per heavy atom. The zero-order chi connectivity index (χ0) is 11.1. The van der Waals surface area contributed by atoms with E-state index in [2.05, 4.69) is 18.0 Å². The summed E-state index contributed by atoms with van der Waals surface area (Å²) in [4.78, 5) is 0. The molecule has 1 aromatic carbocycles. The molecule has 0 aliphatic rings. The minimum atomic E-state index is -0.351. The highest BCUT2D eigenvalue weighted by atomic mass is 14.9. The van der Waals surface area contributed by atoms with Crippen molar-refractivity contribution in [2.75, 3.05) is 6.54 Å². The predicted octanol–water partition coefficient (Wildman–Crippen LogP) is 1.90. The van der Waals surface area contributed by atoms with Gasteiger partial charge in [0.05, 0.1) is 17.7 Å². The molecule has 0 saturated carbocycles. The maximum Gasteiger partial charge on any atom is 0.121 e. The van der Waals surface area contributed by atoms with E-state index in [4.69, 9.17) is 10.5 Å². The molecule has 74 valence electrons. The maximum absolute atomic E-state index is 8.92. The fourth-order valence-electron chi connectivity index (χ4n) is 1.19. The van der Waals surface area contributed by atoms with Gasteiger partial charge in [-0.05, 0) is 17.7 Å². The molecule has 0 fully saturated rings. The monoisotopic (exact) mass is 197 g/mol. The Morgan fingerprint density at radius 3 is 2.47 bits per heavy atom. The van der Waals surface area contributed by atoms with E-state index in [-0.39, 0.29) is 6.04 Å². The second kappa shape index (κ2) is 5.59. The first-order valence-corrected chi connectivity index (χ1v) is 4.55. The standard InChI is InChI=1S/C12H11N3/c1-2-7-15-12(9-14)11-5-3-10(8-13)4-6-11/h2-6,12,15H,1,7H2. The molecule has 0 amide bonds. The third kappa shape index (κ3) is 2.95. The van der Waals surface area contributed by atoms with Gasteiger partial charge in [0.25, 0.3) is 0 Å². The van der Waals surface area contributed by atoms with Crippen LogP contribution in [0.15, 0.2) is 36.9 Å². The molecule has 0 aliphatic heterocycles. The molecule has 1 aromatic rings. The molecule has 3 nitrogen and oxygen atoms in total. The highest BCUT2D eigenvalue weighted by molar-refractivity contribution is 5.34. The van der Waals surface area contributed by atoms with E-state index in [0.717, 1.165) is 5.56 Å². The van der Waals surface area contributed by atoms with Crippen molar-refractivity contribution in [1.29, 1.82) is 10.5 Å². The Morgan fingerprint density at radius 1 is 1.33 bits per heavy atom. The van der Waals surface area contributed by atoms with Crippen LogP contribution in [-0.2, 0) is 0 Å². The zero-order valence-corrected chi connectivity index (χ0v) is 8.27. The summed E-state index contributed by atoms with van der Waals surface area (Å²) in [7, 11) is 0. The van der Waals surface area contributed by atoms with Gasteiger partial charge in [0.1, 0.15) is 6.04 Å². The van der Waals surface area contributed by atoms with E-state index < -0.39 is 0 Å². The Bertz CT molecular complexity index is 406. The van der Waals surface area contributed by atoms with Gasteiger partial charge in [0.2, 0.25) is 0 Å². The number of hydrogen-bond acceptors (Lipinski definition) is 3. The molecule has 1 atom stereocenters. The molecule has 0 saturated heterocycles. The topological polar surface area (TPSA) is 59.6 Å². The summed E-state index contributed by atoms with van der Waals surface area (Å²) >= 11 is 0. The summed E-state index contributed by atoms with van der Waals surface area (Å²) in [5.41, 5.74) is 1.46. The van der Waals surface area contributed by atoms with Crippen molar-refractivity contribution < 1.29 is 0 Å². The normalized spacial score (nSPS) is 11.1. The van der Waals surface area contributed by atoms with Crippen LogP contribution in [0, 0.1) is 22.7 Å². The number of hydrogen-bond donors (Lipinski definition) is 1. The molecule has 15 heavy (non-hydrogen) atoms. The second-order valence-electron chi connectivity index (χ2n) is 2.99. The third-order valence-electron chi connectivity index (χ3n) is 1.97. The first-order chi connectivity index (χ1) is 7.31. The SMILES string of the molecule is C=CCNC(C#N)c1ccc(C#N)cc1. The quantitative estimate of drug-likeness (QED) is 0.750. The second-order valence-corrected chi connectivity index (χ2v) is 2.99. The van der Waals surface area contributed by atoms with Gasteiger partial charge < -0.3 is 0 Å². The van der Waals surface area contributed by atoms with E-state index in [1.807, 2.05) is 6.07 Å². The fourth-order valence-corrected chi connectivity index (χ4v) is 1.19. The number of nitriles is 2. The minimum absolute atomic E-state index is 0.351. The van der Waals surface area contributed by atoms with E-state index >= 15 is 0 Å². The molecular weight excluding hydrogens is 186 g/mol. The highest BCUT2D eigenvalue weighted by Gasteiger charge is 2.07. The zero-order valence-electron chi connectivity index (χ0n) is 8.27. The Labute approximate surface area is 89.3 Å². The third-order valence-corrected chi connectivity index (χ3v) is 1.97. The van der Waals surface area contributed by atoms with Crippen molar-refractivity contribution >= 4 is 0 Å². The largest absolute Gasteiger partial charge is 0.295 e. The summed E-state index contributed by atoms with van der Waals surface area (Å²) in [6.07, 6.45) is 1.70. The van der Waals surface area contributed by atoms with Crippen LogP contribution in [0.2, 0.25) is 0 Å². The first kappa shape index (κ1) is 11.0. The first-order valence-electron chi connectivity index (χ1n) is 4.55. The summed E-state index contributed by atoms with van der Waals surface area (Å²) in [5.74, 6) is 0. The summed E-state index contributed by atoms with van der Waals surface area (Å²) in [6.45, 7) is 4.15. The molecule has 1 N–H and O–H groups in total. The van der Waals surface area contributed by atoms with Crippen LogP contribution >= 0.6 is 0 Å². The van der Waals surface area contributed by atoms with Crippen LogP contribution in [0.25, 0.3) is 0 Å². The van der Waals surface area contributed by atoms with Crippen LogP contribution in [0.1, 0.15) is 17.2 Å². The van der Waals surface area contributed by atoms with Gasteiger partial charge in [-0.25, -0.2) is 0 Å². The van der Waals surface area contributed by atoms with Crippen LogP contribution in [0.5, 0.6) is 0 Å². The van der Waals surface area contributed by atoms with Crippen molar-refractivity contribution in [3.05, 3.63) is 48.0 Å². The molecule has 1 unspecified atom stereocenters. The van der Waals surface area contributed by atoms with Crippen molar-refractivity contribution in [3.63, 3.8) is 0 Å². The van der Waals surface area contributed by atoms with Crippen molar-refractivity contribution in [2.45, 2.75) is 6.04 Å². The van der Waals surface area contributed by atoms with Crippen molar-refractivity contribution in [1.82, 2.24) is 5.32 Å². The fraction of sp³-hybridized carbons (Fsp3) is 0.167. The van der Waals surface area contributed by atoms with Gasteiger partial charge in [-0.1, -0.05) is 18.2 Å². The molecule has 0 heterocycles. The molecule has 0 bridgehead atoms. The Balaban J connectivity index is 2.80. The van der Waals surface area contributed by atoms with E-state index in [9.17, 15) is 0 Å². The molecule has 0 aromatic heterocycles. The summed E-state index contributed by atoms with van der Waals surface area (Å²) in [5, 5.41) is 20.6. The van der Waals surface area contributed by atoms with E-state index in [1.165, 1.54) is 0 Å². The van der Waals surface area contributed by atoms with Crippen molar-refractivity contribution in [2.24, 2.45) is 0 Å². The lowest BCUT2D eigenvalue weighted by Crippen LogP contribution is -2.19. The molecular formula is C12H11N3. The lowest BCUT2D eigenvalue weighted by molar-refractivity contribution is 0.683. The predicted molar refractivity (Wildman–Crippen MR) is 57.7 cm³/mol.